The molecule has 1 aromatic heterocycles. The van der Waals surface area contributed by atoms with Crippen LogP contribution in [0.5, 0.6) is 5.75 Å². The van der Waals surface area contributed by atoms with Crippen molar-refractivity contribution in [2.24, 2.45) is 0 Å². The molecule has 0 unspecified atom stereocenters. The lowest BCUT2D eigenvalue weighted by Crippen LogP contribution is -2.28. The minimum absolute atomic E-state index is 0.254. The summed E-state index contributed by atoms with van der Waals surface area (Å²) < 4.78 is 5.96. The molecule has 5 heteroatoms. The zero-order valence-corrected chi connectivity index (χ0v) is 18.2. The summed E-state index contributed by atoms with van der Waals surface area (Å²) in [7, 11) is 0. The Labute approximate surface area is 189 Å². The van der Waals surface area contributed by atoms with E-state index in [9.17, 15) is 4.79 Å². The SMILES string of the molecule is O=C(NCc1cccnc1)Nc1ccc(OCCc2ccccc2C2=CCCCC2)cc1. The van der Waals surface area contributed by atoms with Crippen molar-refractivity contribution >= 4 is 17.3 Å². The Balaban J connectivity index is 1.25. The number of nitrogens with zero attached hydrogens (tertiary/aromatic N) is 1. The van der Waals surface area contributed by atoms with Gasteiger partial charge < -0.3 is 15.4 Å². The van der Waals surface area contributed by atoms with Crippen molar-refractivity contribution in [2.75, 3.05) is 11.9 Å². The van der Waals surface area contributed by atoms with Crippen LogP contribution < -0.4 is 15.4 Å². The second-order valence-electron chi connectivity index (χ2n) is 7.92. The lowest BCUT2D eigenvalue weighted by molar-refractivity contribution is 0.251. The maximum atomic E-state index is 12.1. The van der Waals surface area contributed by atoms with Gasteiger partial charge in [0.1, 0.15) is 5.75 Å². The Bertz CT molecular complexity index is 1050. The highest BCUT2D eigenvalue weighted by Gasteiger charge is 2.10. The van der Waals surface area contributed by atoms with E-state index in [0.717, 1.165) is 23.4 Å². The van der Waals surface area contributed by atoms with Crippen molar-refractivity contribution in [3.63, 3.8) is 0 Å². The molecule has 0 atom stereocenters. The van der Waals surface area contributed by atoms with Gasteiger partial charge in [0.05, 0.1) is 6.61 Å². The number of carbonyl (C=O) groups is 1. The molecule has 0 saturated heterocycles. The van der Waals surface area contributed by atoms with Crippen molar-refractivity contribution in [1.29, 1.82) is 0 Å². The predicted octanol–water partition coefficient (Wildman–Crippen LogP) is 5.98. The lowest BCUT2D eigenvalue weighted by Gasteiger charge is -2.17. The van der Waals surface area contributed by atoms with Crippen molar-refractivity contribution in [2.45, 2.75) is 38.6 Å². The number of rotatable bonds is 8. The van der Waals surface area contributed by atoms with E-state index in [2.05, 4.69) is 46.0 Å². The third-order valence-corrected chi connectivity index (χ3v) is 5.58. The van der Waals surface area contributed by atoms with Crippen molar-refractivity contribution in [3.8, 4) is 5.75 Å². The van der Waals surface area contributed by atoms with E-state index in [4.69, 9.17) is 4.74 Å². The monoisotopic (exact) mass is 427 g/mol. The zero-order valence-electron chi connectivity index (χ0n) is 18.2. The first-order valence-electron chi connectivity index (χ1n) is 11.2. The minimum atomic E-state index is -0.254. The fourth-order valence-corrected chi connectivity index (χ4v) is 3.91. The number of hydrogen-bond acceptors (Lipinski definition) is 3. The summed E-state index contributed by atoms with van der Waals surface area (Å²) in [6.45, 7) is 1.04. The van der Waals surface area contributed by atoms with Gasteiger partial charge in [0, 0.05) is 31.0 Å². The number of allylic oxidation sites excluding steroid dienone is 2. The lowest BCUT2D eigenvalue weighted by atomic mass is 9.90. The van der Waals surface area contributed by atoms with Crippen molar-refractivity contribution in [1.82, 2.24) is 10.3 Å². The summed E-state index contributed by atoms with van der Waals surface area (Å²) in [6.07, 6.45) is 11.6. The largest absolute Gasteiger partial charge is 0.493 e. The Morgan fingerprint density at radius 3 is 2.66 bits per heavy atom. The number of urea groups is 1. The molecular weight excluding hydrogens is 398 g/mol. The summed E-state index contributed by atoms with van der Waals surface area (Å²) in [5.41, 5.74) is 5.85. The third-order valence-electron chi connectivity index (χ3n) is 5.58. The van der Waals surface area contributed by atoms with Crippen molar-refractivity contribution < 1.29 is 9.53 Å². The van der Waals surface area contributed by atoms with Gasteiger partial charge in [-0.25, -0.2) is 4.79 Å². The molecule has 0 fully saturated rings. The van der Waals surface area contributed by atoms with Crippen LogP contribution in [0.25, 0.3) is 5.57 Å². The standard InChI is InChI=1S/C27H29N3O2/c31-27(29-20-21-7-6-17-28-19-21)30-24-12-14-25(15-13-24)32-18-16-23-10-4-5-11-26(23)22-8-2-1-3-9-22/h4-8,10-15,17,19H,1-3,9,16,18,20H2,(H2,29,30,31). The molecular formula is C27H29N3O2. The molecule has 3 aromatic rings. The van der Waals surface area contributed by atoms with Gasteiger partial charge in [-0.15, -0.1) is 0 Å². The molecule has 0 spiro atoms. The number of benzene rings is 2. The molecule has 4 rings (SSSR count). The molecule has 0 bridgehead atoms. The van der Waals surface area contributed by atoms with Crippen LogP contribution in [0.2, 0.25) is 0 Å². The smallest absolute Gasteiger partial charge is 0.319 e. The topological polar surface area (TPSA) is 63.2 Å². The van der Waals surface area contributed by atoms with Crippen LogP contribution in [0.4, 0.5) is 10.5 Å². The predicted molar refractivity (Wildman–Crippen MR) is 129 cm³/mol. The average molecular weight is 428 g/mol. The van der Waals surface area contributed by atoms with Gasteiger partial charge in [-0.05, 0) is 78.3 Å². The number of pyridine rings is 1. The first-order valence-corrected chi connectivity index (χ1v) is 11.2. The van der Waals surface area contributed by atoms with E-state index in [1.807, 2.05) is 36.4 Å². The molecule has 2 aromatic carbocycles. The van der Waals surface area contributed by atoms with Crippen LogP contribution in [0.1, 0.15) is 42.4 Å². The highest BCUT2D eigenvalue weighted by Crippen LogP contribution is 2.29. The fraction of sp³-hybridized carbons (Fsp3) is 0.259. The molecule has 1 aliphatic rings. The minimum Gasteiger partial charge on any atom is -0.493 e. The third kappa shape index (κ3) is 6.20. The maximum Gasteiger partial charge on any atom is 0.319 e. The maximum absolute atomic E-state index is 12.1. The van der Waals surface area contributed by atoms with Gasteiger partial charge in [-0.3, -0.25) is 4.98 Å². The van der Waals surface area contributed by atoms with Crippen LogP contribution in [-0.2, 0) is 13.0 Å². The van der Waals surface area contributed by atoms with Crippen LogP contribution in [0.15, 0.2) is 79.1 Å². The molecule has 0 saturated carbocycles. The molecule has 2 N–H and O–H groups in total. The summed E-state index contributed by atoms with van der Waals surface area (Å²) >= 11 is 0. The van der Waals surface area contributed by atoms with E-state index in [1.165, 1.54) is 42.4 Å². The number of carbonyl (C=O) groups excluding carboxylic acids is 1. The zero-order chi connectivity index (χ0) is 22.0. The number of amides is 2. The first kappa shape index (κ1) is 21.6. The second kappa shape index (κ2) is 11.1. The van der Waals surface area contributed by atoms with Crippen LogP contribution >= 0.6 is 0 Å². The molecule has 5 nitrogen and oxygen atoms in total. The van der Waals surface area contributed by atoms with E-state index in [1.54, 1.807) is 12.4 Å². The normalized spacial score (nSPS) is 13.2. The number of nitrogens with one attached hydrogen (secondary N) is 2. The van der Waals surface area contributed by atoms with Gasteiger partial charge in [-0.2, -0.15) is 0 Å². The quantitative estimate of drug-likeness (QED) is 0.465. The van der Waals surface area contributed by atoms with Gasteiger partial charge in [0.2, 0.25) is 0 Å². The number of anilines is 1. The van der Waals surface area contributed by atoms with E-state index < -0.39 is 0 Å². The second-order valence-corrected chi connectivity index (χ2v) is 7.92. The fourth-order valence-electron chi connectivity index (χ4n) is 3.91. The molecule has 0 aliphatic heterocycles. The summed E-state index contributed by atoms with van der Waals surface area (Å²) in [5, 5.41) is 5.65. The Morgan fingerprint density at radius 2 is 1.88 bits per heavy atom. The molecule has 0 radical (unpaired) electrons. The Hall–Kier alpha value is -3.60. The number of hydrogen-bond donors (Lipinski definition) is 2. The first-order chi connectivity index (χ1) is 15.8. The Morgan fingerprint density at radius 1 is 1.00 bits per heavy atom. The van der Waals surface area contributed by atoms with Crippen LogP contribution in [-0.4, -0.2) is 17.6 Å². The van der Waals surface area contributed by atoms with E-state index in [-0.39, 0.29) is 6.03 Å². The summed E-state index contributed by atoms with van der Waals surface area (Å²) in [6, 6.07) is 19.6. The average Bonchev–Trinajstić information content (AvgIpc) is 2.85. The molecule has 2 amide bonds. The van der Waals surface area contributed by atoms with Crippen molar-refractivity contribution in [3.05, 3.63) is 95.8 Å². The number of ether oxygens (including phenoxy) is 1. The van der Waals surface area contributed by atoms with E-state index >= 15 is 0 Å². The van der Waals surface area contributed by atoms with Gasteiger partial charge in [0.25, 0.3) is 0 Å². The highest BCUT2D eigenvalue weighted by atomic mass is 16.5. The highest BCUT2D eigenvalue weighted by molar-refractivity contribution is 5.89. The Kier molecular flexibility index (Phi) is 7.53. The van der Waals surface area contributed by atoms with Gasteiger partial charge >= 0.3 is 6.03 Å². The van der Waals surface area contributed by atoms with Crippen LogP contribution in [0, 0.1) is 0 Å². The number of aromatic nitrogens is 1. The van der Waals surface area contributed by atoms with Gasteiger partial charge in [-0.1, -0.05) is 36.4 Å². The summed E-state index contributed by atoms with van der Waals surface area (Å²) in [5.74, 6) is 0.792. The van der Waals surface area contributed by atoms with E-state index in [0.29, 0.717) is 13.2 Å². The van der Waals surface area contributed by atoms with Gasteiger partial charge in [0.15, 0.2) is 0 Å². The molecule has 32 heavy (non-hydrogen) atoms. The molecule has 1 aliphatic carbocycles. The molecule has 164 valence electrons. The van der Waals surface area contributed by atoms with Crippen LogP contribution in [0.3, 0.4) is 0 Å². The molecule has 1 heterocycles. The summed E-state index contributed by atoms with van der Waals surface area (Å²) in [4.78, 5) is 16.1.